The number of benzene rings is 4. The van der Waals surface area contributed by atoms with Crippen LogP contribution in [-0.4, -0.2) is 139 Å². The van der Waals surface area contributed by atoms with Gasteiger partial charge < -0.3 is 19.5 Å². The molecule has 0 aromatic heterocycles. The monoisotopic (exact) mass is 1020 g/mol. The molecule has 0 fully saturated rings. The van der Waals surface area contributed by atoms with E-state index >= 15 is 35.1 Å². The van der Waals surface area contributed by atoms with Gasteiger partial charge in [-0.2, -0.15) is 0 Å². The maximum atomic E-state index is 15.4. The van der Waals surface area contributed by atoms with Crippen LogP contribution in [0.5, 0.6) is 0 Å². The molecule has 0 unspecified atom stereocenters. The van der Waals surface area contributed by atoms with Crippen LogP contribution in [0.4, 0.5) is 87.8 Å². The van der Waals surface area contributed by atoms with Gasteiger partial charge >= 0.3 is 23.1 Å². The first-order chi connectivity index (χ1) is 30.1. The summed E-state index contributed by atoms with van der Waals surface area (Å²) in [5.74, 6) is -71.4. The topological polar surface area (TPSA) is 36.0 Å². The van der Waals surface area contributed by atoms with E-state index < -0.39 is 153 Å². The van der Waals surface area contributed by atoms with E-state index in [4.69, 9.17) is 0 Å². The van der Waals surface area contributed by atoms with Gasteiger partial charge in [-0.25, -0.2) is 87.8 Å². The number of likely N-dealkylation sites (N-methyl/N-ethyl adjacent to an activating group) is 3. The third-order valence-corrected chi connectivity index (χ3v) is 9.30. The third kappa shape index (κ3) is 13.2. The predicted octanol–water partition coefficient (Wildman–Crippen LogP) is 5.62. The molecule has 0 radical (unpaired) electrons. The van der Waals surface area contributed by atoms with Crippen LogP contribution in [0.2, 0.25) is 19.6 Å². The first kappa shape index (κ1) is 61.3. The number of hydrogen-bond donors (Lipinski definition) is 0. The van der Waals surface area contributed by atoms with E-state index in [9.17, 15) is 57.5 Å². The molecule has 0 bridgehead atoms. The molecule has 0 aliphatic rings. The number of rotatable bonds is 13. The van der Waals surface area contributed by atoms with Gasteiger partial charge in [-0.3, -0.25) is 4.90 Å². The normalized spacial score (nSPS) is 11.9. The van der Waals surface area contributed by atoms with E-state index in [-0.39, 0.29) is 23.1 Å². The third-order valence-electron chi connectivity index (χ3n) is 9.30. The molecule has 4 aromatic carbocycles. The zero-order valence-corrected chi connectivity index (χ0v) is 39.2. The van der Waals surface area contributed by atoms with Crippen molar-refractivity contribution in [1.82, 2.24) is 19.6 Å². The molecule has 0 atom stereocenters. The van der Waals surface area contributed by atoms with Crippen molar-refractivity contribution in [3.05, 3.63) is 116 Å². The predicted molar refractivity (Wildman–Crippen MR) is 210 cm³/mol. The summed E-state index contributed by atoms with van der Waals surface area (Å²) >= 11 is 0. The second kappa shape index (κ2) is 24.2. The van der Waals surface area contributed by atoms with E-state index in [1.807, 2.05) is 0 Å². The van der Waals surface area contributed by atoms with Crippen molar-refractivity contribution < 1.29 is 92.6 Å². The second-order valence-electron chi connectivity index (χ2n) is 16.2. The summed E-state index contributed by atoms with van der Waals surface area (Å²) in [6.07, 6.45) is -7.22. The van der Waals surface area contributed by atoms with Crippen LogP contribution in [0, 0.1) is 116 Å². The average Bonchev–Trinajstić information content (AvgIpc) is 3.22. The van der Waals surface area contributed by atoms with Crippen molar-refractivity contribution in [3.8, 4) is 0 Å². The second-order valence-corrected chi connectivity index (χ2v) is 20.4. The maximum Gasteiger partial charge on any atom is 2.00 e. The summed E-state index contributed by atoms with van der Waals surface area (Å²) in [5, 5.41) is 0. The quantitative estimate of drug-likeness (QED) is 0.0754. The molecule has 370 valence electrons. The Labute approximate surface area is 388 Å². The molecule has 0 spiro atoms. The zero-order chi connectivity index (χ0) is 51.4. The van der Waals surface area contributed by atoms with Gasteiger partial charge in [-0.05, 0) is 42.3 Å². The van der Waals surface area contributed by atoms with E-state index in [1.54, 1.807) is 19.6 Å². The molecule has 5 nitrogen and oxygen atoms in total. The van der Waals surface area contributed by atoms with Gasteiger partial charge in [0.2, 0.25) is 0 Å². The fourth-order valence-electron chi connectivity index (χ4n) is 6.23. The van der Waals surface area contributed by atoms with Gasteiger partial charge in [0.05, 0.1) is 0 Å². The molecule has 67 heavy (non-hydrogen) atoms. The molecule has 0 saturated carbocycles. The fourth-order valence-corrected chi connectivity index (χ4v) is 6.23. The summed E-state index contributed by atoms with van der Waals surface area (Å²) in [4.78, 5) is 19.5. The SMILES string of the molecule is CN(C)CCN(CCN(C)C)CCN(C)C.C[Si](C)(C)[O-].Fc1c(F)c(F)c([B-](c2c(F)c(F)c(F)c(F)c2F)(c2c(F)c(F)c(F)c(F)c2F)c2c(F)c(F)c(F)c(F)c2F)c(F)c1F.[Mg+2]. The Hall–Kier alpha value is -3.67. The molecule has 0 aliphatic carbocycles. The van der Waals surface area contributed by atoms with Crippen molar-refractivity contribution in [1.29, 1.82) is 0 Å². The van der Waals surface area contributed by atoms with Gasteiger partial charge in [0.25, 0.3) is 0 Å². The van der Waals surface area contributed by atoms with Crippen LogP contribution < -0.4 is 26.6 Å². The summed E-state index contributed by atoms with van der Waals surface area (Å²) in [7, 11) is 10.9. The first-order valence-corrected chi connectivity index (χ1v) is 22.1. The summed E-state index contributed by atoms with van der Waals surface area (Å²) < 4.78 is 294. The van der Waals surface area contributed by atoms with Crippen LogP contribution in [-0.2, 0) is 0 Å². The van der Waals surface area contributed by atoms with Gasteiger partial charge in [-0.1, -0.05) is 28.0 Å². The molecule has 4 rings (SSSR count). The van der Waals surface area contributed by atoms with Crippen LogP contribution in [0.3, 0.4) is 0 Å². The van der Waals surface area contributed by atoms with Crippen LogP contribution in [0.15, 0.2) is 0 Å². The molecule has 0 saturated heterocycles. The van der Waals surface area contributed by atoms with E-state index in [0.717, 1.165) is 39.3 Å². The fraction of sp³-hybridized carbons (Fsp3) is 0.385. The Bertz CT molecular complexity index is 1990. The summed E-state index contributed by atoms with van der Waals surface area (Å²) in [6, 6.07) is 0. The minimum Gasteiger partial charge on any atom is -0.859 e. The van der Waals surface area contributed by atoms with Crippen molar-refractivity contribution in [2.24, 2.45) is 0 Å². The standard InChI is InChI=1S/C24BF20.C12H30N4.C3H9OSi.Mg/c26-5-1(6(27)14(35)21(42)13(5)34)25(2-7(28)15(36)22(43)16(37)8(2)29,3-9(30)17(38)23(44)18(39)10(3)31)4-11(32)19(40)24(45)20(41)12(4)33;1-13(2)7-10-16(11-8-14(3)4)12-9-15(5)6;1-5(2,3)4;/h;7-12H2,1-6H3;1-3H3;/q-1;;-1;+2. The first-order valence-electron chi connectivity index (χ1n) is 18.7. The molecular weight excluding hydrogens is 984 g/mol. The molecular formula is C39H39BF20MgN4OSi. The summed E-state index contributed by atoms with van der Waals surface area (Å²) in [6.45, 7) is 12.2. The molecule has 0 heterocycles. The van der Waals surface area contributed by atoms with Crippen molar-refractivity contribution in [2.45, 2.75) is 19.6 Å². The molecule has 0 N–H and O–H groups in total. The molecule has 28 heteroatoms. The van der Waals surface area contributed by atoms with Crippen LogP contribution >= 0.6 is 0 Å². The Kier molecular flexibility index (Phi) is 22.2. The van der Waals surface area contributed by atoms with E-state index in [1.165, 1.54) is 0 Å². The molecule has 4 aromatic rings. The smallest absolute Gasteiger partial charge is 0.859 e. The Morgan fingerprint density at radius 3 is 0.537 bits per heavy atom. The minimum atomic E-state index is -7.22. The Morgan fingerprint density at radius 1 is 0.299 bits per heavy atom. The number of hydrogen-bond acceptors (Lipinski definition) is 5. The van der Waals surface area contributed by atoms with Gasteiger partial charge in [0.15, 0.2) is 69.8 Å². The average molecular weight is 1020 g/mol. The number of nitrogens with zero attached hydrogens (tertiary/aromatic N) is 4. The largest absolute Gasteiger partial charge is 2.00 e. The van der Waals surface area contributed by atoms with Gasteiger partial charge in [0, 0.05) is 39.3 Å². The maximum absolute atomic E-state index is 15.4. The van der Waals surface area contributed by atoms with E-state index in [2.05, 4.69) is 61.9 Å². The minimum absolute atomic E-state index is 0. The van der Waals surface area contributed by atoms with Crippen LogP contribution in [0.25, 0.3) is 0 Å². The Morgan fingerprint density at radius 2 is 0.418 bits per heavy atom. The summed E-state index contributed by atoms with van der Waals surface area (Å²) in [5.41, 5.74) is -14.3. The molecule has 0 aliphatic heterocycles. The number of halogens is 20. The van der Waals surface area contributed by atoms with Crippen molar-refractivity contribution in [2.75, 3.05) is 81.6 Å². The van der Waals surface area contributed by atoms with Gasteiger partial charge in [-0.15, -0.1) is 21.9 Å². The van der Waals surface area contributed by atoms with Crippen LogP contribution in [0.1, 0.15) is 0 Å². The van der Waals surface area contributed by atoms with E-state index in [0.29, 0.717) is 0 Å². The Balaban J connectivity index is 0.000000851. The van der Waals surface area contributed by atoms with Crippen molar-refractivity contribution >= 4 is 59.4 Å². The van der Waals surface area contributed by atoms with Gasteiger partial charge in [0.1, 0.15) is 52.7 Å². The zero-order valence-electron chi connectivity index (χ0n) is 36.8. The molecule has 0 amide bonds. The van der Waals surface area contributed by atoms with Crippen molar-refractivity contribution in [3.63, 3.8) is 0 Å².